The van der Waals surface area contributed by atoms with Crippen LogP contribution in [0.4, 0.5) is 17.1 Å². The van der Waals surface area contributed by atoms with Gasteiger partial charge >= 0.3 is 0 Å². The zero-order valence-corrected chi connectivity index (χ0v) is 22.7. The largest absolute Gasteiger partial charge is 0.307 e. The van der Waals surface area contributed by atoms with E-state index in [9.17, 15) is 0 Å². The molecule has 2 aromatic heterocycles. The summed E-state index contributed by atoms with van der Waals surface area (Å²) in [6.07, 6.45) is 0. The summed E-state index contributed by atoms with van der Waals surface area (Å²) >= 11 is 16.9. The highest BCUT2D eigenvalue weighted by atomic mass is 35.5. The van der Waals surface area contributed by atoms with Crippen molar-refractivity contribution in [1.82, 2.24) is 0 Å². The number of rotatable bonds is 3. The average molecular weight is 533 g/mol. The molecule has 0 aliphatic heterocycles. The maximum atomic E-state index is 6.80. The van der Waals surface area contributed by atoms with Crippen molar-refractivity contribution in [3.05, 3.63) is 99.9 Å². The zero-order chi connectivity index (χ0) is 24.3. The van der Waals surface area contributed by atoms with Crippen LogP contribution in [0.2, 0.25) is 10.0 Å². The second-order valence-electron chi connectivity index (χ2n) is 9.74. The fraction of sp³-hybridized carbons (Fsp3) is 0.133. The van der Waals surface area contributed by atoms with Crippen molar-refractivity contribution in [1.29, 1.82) is 0 Å². The van der Waals surface area contributed by atoms with Gasteiger partial charge in [0.2, 0.25) is 0 Å². The van der Waals surface area contributed by atoms with E-state index < -0.39 is 0 Å². The molecule has 5 heteroatoms. The van der Waals surface area contributed by atoms with Crippen LogP contribution in [0.15, 0.2) is 84.2 Å². The third kappa shape index (κ3) is 3.82. The van der Waals surface area contributed by atoms with Gasteiger partial charge in [-0.05, 0) is 53.4 Å². The molecule has 0 aliphatic carbocycles. The third-order valence-corrected chi connectivity index (χ3v) is 9.41. The predicted octanol–water partition coefficient (Wildman–Crippen LogP) is 11.3. The number of thiophene rings is 2. The van der Waals surface area contributed by atoms with E-state index >= 15 is 0 Å². The zero-order valence-electron chi connectivity index (χ0n) is 19.6. The Balaban J connectivity index is 1.62. The second kappa shape index (κ2) is 8.53. The molecule has 0 fully saturated rings. The van der Waals surface area contributed by atoms with E-state index in [4.69, 9.17) is 23.2 Å². The van der Waals surface area contributed by atoms with E-state index in [0.717, 1.165) is 17.1 Å². The lowest BCUT2D eigenvalue weighted by atomic mass is 9.87. The minimum absolute atomic E-state index is 0.0811. The molecule has 0 bridgehead atoms. The van der Waals surface area contributed by atoms with Crippen LogP contribution in [0, 0.1) is 0 Å². The molecule has 0 radical (unpaired) electrons. The van der Waals surface area contributed by atoms with Gasteiger partial charge in [0, 0.05) is 41.3 Å². The van der Waals surface area contributed by atoms with E-state index in [2.05, 4.69) is 91.7 Å². The van der Waals surface area contributed by atoms with E-state index in [1.165, 1.54) is 35.8 Å². The molecule has 174 valence electrons. The molecule has 35 heavy (non-hydrogen) atoms. The molecule has 0 amide bonds. The summed E-state index contributed by atoms with van der Waals surface area (Å²) in [4.78, 5) is 2.24. The van der Waals surface area contributed by atoms with E-state index in [0.29, 0.717) is 10.0 Å². The highest BCUT2D eigenvalue weighted by Gasteiger charge is 2.22. The van der Waals surface area contributed by atoms with Gasteiger partial charge in [0.05, 0.1) is 21.4 Å². The predicted molar refractivity (Wildman–Crippen MR) is 158 cm³/mol. The Kier molecular flexibility index (Phi) is 5.58. The third-order valence-electron chi connectivity index (χ3n) is 6.46. The van der Waals surface area contributed by atoms with Gasteiger partial charge < -0.3 is 4.90 Å². The van der Waals surface area contributed by atoms with Gasteiger partial charge in [0.1, 0.15) is 0 Å². The number of benzene rings is 4. The Morgan fingerprint density at radius 2 is 1.49 bits per heavy atom. The minimum Gasteiger partial charge on any atom is -0.307 e. The van der Waals surface area contributed by atoms with E-state index in [-0.39, 0.29) is 5.41 Å². The highest BCUT2D eigenvalue weighted by Crippen LogP contribution is 2.49. The smallest absolute Gasteiger partial charge is 0.0832 e. The van der Waals surface area contributed by atoms with Crippen molar-refractivity contribution in [3.63, 3.8) is 0 Å². The lowest BCUT2D eigenvalue weighted by Crippen LogP contribution is -2.13. The fourth-order valence-corrected chi connectivity index (χ4v) is 7.30. The Morgan fingerprint density at radius 3 is 2.26 bits per heavy atom. The van der Waals surface area contributed by atoms with Gasteiger partial charge in [-0.3, -0.25) is 0 Å². The van der Waals surface area contributed by atoms with Crippen molar-refractivity contribution in [2.45, 2.75) is 26.2 Å². The van der Waals surface area contributed by atoms with Crippen LogP contribution in [0.25, 0.3) is 30.3 Å². The molecular weight excluding hydrogens is 509 g/mol. The molecule has 1 nitrogen and oxygen atoms in total. The van der Waals surface area contributed by atoms with Crippen molar-refractivity contribution < 1.29 is 0 Å². The minimum atomic E-state index is 0.0811. The number of hydrogen-bond donors (Lipinski definition) is 0. The van der Waals surface area contributed by atoms with Crippen molar-refractivity contribution >= 4 is 93.2 Å². The number of halogens is 2. The SMILES string of the molecule is CC(C)(C)c1ccc(N(c2cccc(Cl)c2Cl)c2csc3c2ccc2sc4ccccc4c23)cc1. The van der Waals surface area contributed by atoms with Crippen LogP contribution in [0.3, 0.4) is 0 Å². The van der Waals surface area contributed by atoms with Gasteiger partial charge in [-0.15, -0.1) is 22.7 Å². The first-order valence-corrected chi connectivity index (χ1v) is 13.9. The Hall–Kier alpha value is -2.56. The maximum Gasteiger partial charge on any atom is 0.0832 e. The normalized spacial score (nSPS) is 12.1. The first-order chi connectivity index (χ1) is 16.8. The van der Waals surface area contributed by atoms with Gasteiger partial charge in [0.15, 0.2) is 0 Å². The fourth-order valence-electron chi connectivity index (χ4n) is 4.64. The first-order valence-electron chi connectivity index (χ1n) is 11.5. The lowest BCUT2D eigenvalue weighted by molar-refractivity contribution is 0.590. The molecular formula is C30H23Cl2NS2. The Bertz CT molecular complexity index is 1700. The van der Waals surface area contributed by atoms with E-state index in [1.54, 1.807) is 11.3 Å². The molecule has 2 heterocycles. The average Bonchev–Trinajstić information content (AvgIpc) is 3.43. The molecule has 6 aromatic rings. The van der Waals surface area contributed by atoms with Gasteiger partial charge in [-0.1, -0.05) is 80.4 Å². The first kappa shape index (κ1) is 22.9. The van der Waals surface area contributed by atoms with Crippen molar-refractivity contribution in [3.8, 4) is 0 Å². The summed E-state index contributed by atoms with van der Waals surface area (Å²) in [7, 11) is 0. The van der Waals surface area contributed by atoms with Gasteiger partial charge in [0.25, 0.3) is 0 Å². The van der Waals surface area contributed by atoms with E-state index in [1.807, 2.05) is 29.5 Å². The van der Waals surface area contributed by atoms with Gasteiger partial charge in [-0.25, -0.2) is 0 Å². The maximum absolute atomic E-state index is 6.80. The molecule has 6 rings (SSSR count). The number of nitrogens with zero attached hydrogens (tertiary/aromatic N) is 1. The molecule has 0 aliphatic rings. The molecule has 0 saturated carbocycles. The molecule has 0 N–H and O–H groups in total. The van der Waals surface area contributed by atoms with Gasteiger partial charge in [-0.2, -0.15) is 0 Å². The monoisotopic (exact) mass is 531 g/mol. The number of fused-ring (bicyclic) bond motifs is 5. The van der Waals surface area contributed by atoms with Crippen LogP contribution in [0.5, 0.6) is 0 Å². The molecule has 0 spiro atoms. The number of hydrogen-bond acceptors (Lipinski definition) is 3. The quantitative estimate of drug-likeness (QED) is 0.219. The summed E-state index contributed by atoms with van der Waals surface area (Å²) in [5.41, 5.74) is 4.40. The Morgan fingerprint density at radius 1 is 0.714 bits per heavy atom. The number of anilines is 3. The van der Waals surface area contributed by atoms with Crippen molar-refractivity contribution in [2.24, 2.45) is 0 Å². The summed E-state index contributed by atoms with van der Waals surface area (Å²) in [5.74, 6) is 0. The van der Waals surface area contributed by atoms with Crippen LogP contribution in [0.1, 0.15) is 26.3 Å². The highest BCUT2D eigenvalue weighted by molar-refractivity contribution is 7.27. The van der Waals surface area contributed by atoms with Crippen LogP contribution in [-0.2, 0) is 5.41 Å². The second-order valence-corrected chi connectivity index (χ2v) is 12.5. The standard InChI is InChI=1S/C30H23Cl2NS2/c1-30(2,3)18-11-13-19(14-12-18)33(23-9-6-8-22(31)28(23)32)24-17-34-29-20(24)15-16-26-27(29)21-7-4-5-10-25(21)35-26/h4-17H,1-3H3. The van der Waals surface area contributed by atoms with Crippen LogP contribution in [-0.4, -0.2) is 0 Å². The summed E-state index contributed by atoms with van der Waals surface area (Å²) in [6, 6.07) is 27.8. The molecule has 0 saturated heterocycles. The van der Waals surface area contributed by atoms with Crippen LogP contribution < -0.4 is 4.90 Å². The van der Waals surface area contributed by atoms with Crippen LogP contribution >= 0.6 is 45.9 Å². The molecule has 0 atom stereocenters. The molecule has 4 aromatic carbocycles. The lowest BCUT2D eigenvalue weighted by Gasteiger charge is -2.27. The molecule has 0 unspecified atom stereocenters. The summed E-state index contributed by atoms with van der Waals surface area (Å²) < 4.78 is 3.93. The summed E-state index contributed by atoms with van der Waals surface area (Å²) in [5, 5.41) is 7.20. The topological polar surface area (TPSA) is 3.24 Å². The summed E-state index contributed by atoms with van der Waals surface area (Å²) in [6.45, 7) is 6.70. The Labute approximate surface area is 223 Å². The van der Waals surface area contributed by atoms with Crippen molar-refractivity contribution in [2.75, 3.05) is 4.90 Å².